The van der Waals surface area contributed by atoms with Gasteiger partial charge >= 0.3 is 6.09 Å². The number of aromatic nitrogens is 4. The van der Waals surface area contributed by atoms with E-state index >= 15 is 0 Å². The summed E-state index contributed by atoms with van der Waals surface area (Å²) in [5.74, 6) is -0.616. The van der Waals surface area contributed by atoms with Crippen molar-refractivity contribution in [2.24, 2.45) is 0 Å². The van der Waals surface area contributed by atoms with Crippen molar-refractivity contribution in [1.29, 1.82) is 0 Å². The number of nitrogens with zero attached hydrogens (tertiary/aromatic N) is 4. The number of rotatable bonds is 5. The third kappa shape index (κ3) is 4.06. The number of fused-ring (bicyclic) bond motifs is 2. The Hall–Kier alpha value is -3.61. The number of para-hydroxylation sites is 1. The molecule has 2 fully saturated rings. The topological polar surface area (TPSA) is 139 Å². The fraction of sp³-hybridized carbons (Fsp3) is 0.409. The molecule has 2 N–H and O–H groups in total. The summed E-state index contributed by atoms with van der Waals surface area (Å²) in [7, 11) is 0. The number of ether oxygens (including phenoxy) is 4. The van der Waals surface area contributed by atoms with Crippen molar-refractivity contribution in [3.8, 4) is 5.75 Å². The third-order valence-corrected chi connectivity index (χ3v) is 5.45. The second kappa shape index (κ2) is 8.63. The zero-order valence-corrected chi connectivity index (χ0v) is 18.8. The van der Waals surface area contributed by atoms with Gasteiger partial charge in [0.05, 0.1) is 6.33 Å². The zero-order valence-electron chi connectivity index (χ0n) is 18.8. The van der Waals surface area contributed by atoms with Gasteiger partial charge in [-0.15, -0.1) is 0 Å². The summed E-state index contributed by atoms with van der Waals surface area (Å²) in [5.41, 5.74) is 0.714. The molecule has 0 radical (unpaired) electrons. The third-order valence-electron chi connectivity index (χ3n) is 5.45. The molecule has 2 saturated heterocycles. The van der Waals surface area contributed by atoms with E-state index < -0.39 is 36.4 Å². The summed E-state index contributed by atoms with van der Waals surface area (Å²) < 4.78 is 25.0. The van der Waals surface area contributed by atoms with Crippen LogP contribution < -0.4 is 15.4 Å². The van der Waals surface area contributed by atoms with Gasteiger partial charge in [0, 0.05) is 6.54 Å². The minimum absolute atomic E-state index is 0.170. The first-order valence-corrected chi connectivity index (χ1v) is 10.9. The van der Waals surface area contributed by atoms with Crippen molar-refractivity contribution in [1.82, 2.24) is 24.8 Å². The molecule has 2 aliphatic rings. The maximum Gasteiger partial charge on any atom is 0.418 e. The Kier molecular flexibility index (Phi) is 5.63. The Morgan fingerprint density at radius 2 is 1.88 bits per heavy atom. The Morgan fingerprint density at radius 1 is 1.12 bits per heavy atom. The summed E-state index contributed by atoms with van der Waals surface area (Å²) >= 11 is 0. The van der Waals surface area contributed by atoms with E-state index in [0.717, 1.165) is 0 Å². The molecule has 3 aromatic rings. The van der Waals surface area contributed by atoms with Crippen molar-refractivity contribution in [2.75, 3.05) is 11.9 Å². The molecule has 178 valence electrons. The Bertz CT molecular complexity index is 1220. The van der Waals surface area contributed by atoms with Crippen molar-refractivity contribution in [2.45, 2.75) is 51.1 Å². The SMILES string of the molecule is CCNC(=O)[C@H]1O[C@@H](n2cnc3c(NC(=O)Oc4ccccc4)ncnc32)[C@@H]2OC(C)(C)O[C@@H]21. The van der Waals surface area contributed by atoms with Crippen LogP contribution in [0.3, 0.4) is 0 Å². The van der Waals surface area contributed by atoms with E-state index in [2.05, 4.69) is 25.6 Å². The van der Waals surface area contributed by atoms with Gasteiger partial charge in [-0.2, -0.15) is 0 Å². The minimum Gasteiger partial charge on any atom is -0.410 e. The number of hydrogen-bond donors (Lipinski definition) is 2. The van der Waals surface area contributed by atoms with E-state index in [1.807, 2.05) is 13.0 Å². The highest BCUT2D eigenvalue weighted by Crippen LogP contribution is 2.44. The lowest BCUT2D eigenvalue weighted by Crippen LogP contribution is -2.42. The van der Waals surface area contributed by atoms with Crippen LogP contribution in [0, 0.1) is 0 Å². The number of benzene rings is 1. The number of likely N-dealkylation sites (N-methyl/N-ethyl adjacent to an activating group) is 1. The van der Waals surface area contributed by atoms with Gasteiger partial charge in [-0.25, -0.2) is 19.7 Å². The van der Waals surface area contributed by atoms with E-state index in [0.29, 0.717) is 23.5 Å². The standard InChI is InChI=1S/C22H24N6O6/c1-4-23-19(29)15-14-16(34-22(2,3)33-14)20(32-15)28-11-26-13-17(24-10-25-18(13)28)27-21(30)31-12-8-6-5-7-9-12/h5-11,14-16,20H,4H2,1-3H3,(H,23,29)(H,24,25,27,30)/t14-,15+,16-,20-/m1/s1. The average molecular weight is 468 g/mol. The van der Waals surface area contributed by atoms with Crippen molar-refractivity contribution >= 4 is 29.0 Å². The average Bonchev–Trinajstić information content (AvgIpc) is 3.45. The molecule has 0 spiro atoms. The number of imidazole rings is 1. The number of amides is 2. The van der Waals surface area contributed by atoms with Crippen LogP contribution in [0.2, 0.25) is 0 Å². The molecule has 2 aliphatic heterocycles. The lowest BCUT2D eigenvalue weighted by atomic mass is 10.1. The van der Waals surface area contributed by atoms with Crippen LogP contribution in [0.15, 0.2) is 43.0 Å². The molecule has 4 heterocycles. The van der Waals surface area contributed by atoms with Gasteiger partial charge in [0.1, 0.15) is 24.3 Å². The molecule has 0 unspecified atom stereocenters. The molecule has 0 bridgehead atoms. The number of carbonyl (C=O) groups excluding carboxylic acids is 2. The molecule has 5 rings (SSSR count). The second-order valence-corrected chi connectivity index (χ2v) is 8.28. The van der Waals surface area contributed by atoms with Crippen LogP contribution in [0.4, 0.5) is 10.6 Å². The number of nitrogens with one attached hydrogen (secondary N) is 2. The Labute approximate surface area is 194 Å². The fourth-order valence-electron chi connectivity index (χ4n) is 4.13. The highest BCUT2D eigenvalue weighted by atomic mass is 16.8. The van der Waals surface area contributed by atoms with Crippen molar-refractivity contribution in [3.63, 3.8) is 0 Å². The summed E-state index contributed by atoms with van der Waals surface area (Å²) in [6.07, 6.45) is -0.702. The van der Waals surface area contributed by atoms with E-state index in [4.69, 9.17) is 18.9 Å². The first-order chi connectivity index (χ1) is 16.4. The first-order valence-electron chi connectivity index (χ1n) is 10.9. The Balaban J connectivity index is 1.42. The van der Waals surface area contributed by atoms with Crippen LogP contribution in [-0.2, 0) is 19.0 Å². The van der Waals surface area contributed by atoms with Crippen LogP contribution in [0.5, 0.6) is 5.75 Å². The van der Waals surface area contributed by atoms with Gasteiger partial charge in [0.15, 0.2) is 35.1 Å². The predicted molar refractivity (Wildman–Crippen MR) is 118 cm³/mol. The van der Waals surface area contributed by atoms with Gasteiger partial charge in [0.25, 0.3) is 5.91 Å². The molecule has 1 aromatic carbocycles. The minimum atomic E-state index is -0.888. The molecule has 4 atom stereocenters. The van der Waals surface area contributed by atoms with E-state index in [1.54, 1.807) is 42.7 Å². The fourth-order valence-corrected chi connectivity index (χ4v) is 4.13. The van der Waals surface area contributed by atoms with Gasteiger partial charge in [-0.3, -0.25) is 14.7 Å². The maximum absolute atomic E-state index is 12.6. The highest BCUT2D eigenvalue weighted by Gasteiger charge is 2.58. The Morgan fingerprint density at radius 3 is 2.65 bits per heavy atom. The van der Waals surface area contributed by atoms with Crippen LogP contribution in [0.1, 0.15) is 27.0 Å². The normalized spacial score (nSPS) is 25.1. The van der Waals surface area contributed by atoms with E-state index in [1.165, 1.54) is 12.7 Å². The highest BCUT2D eigenvalue weighted by molar-refractivity contribution is 5.94. The molecule has 0 saturated carbocycles. The molecule has 12 nitrogen and oxygen atoms in total. The summed E-state index contributed by atoms with van der Waals surface area (Å²) in [5, 5.41) is 5.36. The van der Waals surface area contributed by atoms with Crippen LogP contribution in [-0.4, -0.2) is 62.2 Å². The summed E-state index contributed by atoms with van der Waals surface area (Å²) in [4.78, 5) is 37.8. The summed E-state index contributed by atoms with van der Waals surface area (Å²) in [6, 6.07) is 8.65. The quantitative estimate of drug-likeness (QED) is 0.575. The zero-order chi connectivity index (χ0) is 23.9. The first kappa shape index (κ1) is 22.2. The van der Waals surface area contributed by atoms with E-state index in [-0.39, 0.29) is 11.7 Å². The smallest absolute Gasteiger partial charge is 0.410 e. The van der Waals surface area contributed by atoms with Gasteiger partial charge in [-0.1, -0.05) is 18.2 Å². The van der Waals surface area contributed by atoms with Crippen LogP contribution >= 0.6 is 0 Å². The number of anilines is 1. The number of carbonyl (C=O) groups is 2. The second-order valence-electron chi connectivity index (χ2n) is 8.28. The maximum atomic E-state index is 12.6. The van der Waals surface area contributed by atoms with Crippen molar-refractivity contribution < 1.29 is 28.5 Å². The molecule has 2 amide bonds. The number of hydrogen-bond acceptors (Lipinski definition) is 9. The van der Waals surface area contributed by atoms with Gasteiger partial charge < -0.3 is 24.3 Å². The largest absolute Gasteiger partial charge is 0.418 e. The van der Waals surface area contributed by atoms with Crippen molar-refractivity contribution in [3.05, 3.63) is 43.0 Å². The predicted octanol–water partition coefficient (Wildman–Crippen LogP) is 1.99. The molecular formula is C22H24N6O6. The summed E-state index contributed by atoms with van der Waals surface area (Å²) in [6.45, 7) is 5.85. The molecule has 2 aromatic heterocycles. The molecular weight excluding hydrogens is 444 g/mol. The van der Waals surface area contributed by atoms with Crippen LogP contribution in [0.25, 0.3) is 11.2 Å². The lowest BCUT2D eigenvalue weighted by molar-refractivity contribution is -0.197. The monoisotopic (exact) mass is 468 g/mol. The lowest BCUT2D eigenvalue weighted by Gasteiger charge is -2.24. The molecule has 34 heavy (non-hydrogen) atoms. The van der Waals surface area contributed by atoms with E-state index in [9.17, 15) is 9.59 Å². The molecule has 0 aliphatic carbocycles. The molecule has 12 heteroatoms. The van der Waals surface area contributed by atoms with Gasteiger partial charge in [0.2, 0.25) is 0 Å². The van der Waals surface area contributed by atoms with Gasteiger partial charge in [-0.05, 0) is 32.9 Å².